The molecule has 0 aliphatic carbocycles. The third-order valence-corrected chi connectivity index (χ3v) is 4.37. The maximum atomic E-state index is 14.2. The van der Waals surface area contributed by atoms with E-state index < -0.39 is 54.0 Å². The Morgan fingerprint density at radius 3 is 2.54 bits per heavy atom. The van der Waals surface area contributed by atoms with Crippen molar-refractivity contribution in [2.75, 3.05) is 4.90 Å². The zero-order valence-corrected chi connectivity index (χ0v) is 14.2. The van der Waals surface area contributed by atoms with E-state index in [-0.39, 0.29) is 23.2 Å². The van der Waals surface area contributed by atoms with Crippen LogP contribution in [-0.4, -0.2) is 18.0 Å². The van der Waals surface area contributed by atoms with Crippen LogP contribution < -0.4 is 16.0 Å². The monoisotopic (exact) mass is 399 g/mol. The second kappa shape index (κ2) is 7.45. The summed E-state index contributed by atoms with van der Waals surface area (Å²) in [7, 11) is 0. The van der Waals surface area contributed by atoms with Crippen LogP contribution in [-0.2, 0) is 17.8 Å². The van der Waals surface area contributed by atoms with Gasteiger partial charge in [0.1, 0.15) is 23.5 Å². The van der Waals surface area contributed by atoms with Crippen molar-refractivity contribution in [3.8, 4) is 0 Å². The minimum absolute atomic E-state index is 0.0924. The standard InChI is InChI=1S/C18H14F5N3O2/c19-10-4-13(21)11-6-14(25-18(24)28)17(27)26(15(11)5-10)7-9-3-8(16(22)23)1-2-12(9)20/h1-5,14,16H,6-7H2,(H3,24,25,28)/t14-/m1/s1. The van der Waals surface area contributed by atoms with Gasteiger partial charge in [0.05, 0.1) is 12.2 Å². The molecule has 0 aromatic heterocycles. The van der Waals surface area contributed by atoms with Crippen LogP contribution in [0.2, 0.25) is 0 Å². The number of nitrogens with two attached hydrogens (primary N) is 1. The number of benzene rings is 2. The molecule has 1 atom stereocenters. The van der Waals surface area contributed by atoms with Crippen LogP contribution >= 0.6 is 0 Å². The maximum absolute atomic E-state index is 14.2. The number of amides is 3. The summed E-state index contributed by atoms with van der Waals surface area (Å²) in [6, 6.07) is 1.75. The molecule has 148 valence electrons. The lowest BCUT2D eigenvalue weighted by Gasteiger charge is -2.34. The third-order valence-electron chi connectivity index (χ3n) is 4.37. The smallest absolute Gasteiger partial charge is 0.312 e. The van der Waals surface area contributed by atoms with Crippen LogP contribution in [0, 0.1) is 17.5 Å². The fourth-order valence-corrected chi connectivity index (χ4v) is 3.10. The van der Waals surface area contributed by atoms with Gasteiger partial charge in [-0.2, -0.15) is 0 Å². The number of rotatable bonds is 4. The van der Waals surface area contributed by atoms with Crippen LogP contribution in [0.3, 0.4) is 0 Å². The van der Waals surface area contributed by atoms with Gasteiger partial charge in [0.15, 0.2) is 0 Å². The Bertz CT molecular complexity index is 951. The molecule has 1 aliphatic rings. The van der Waals surface area contributed by atoms with E-state index in [9.17, 15) is 31.5 Å². The van der Waals surface area contributed by atoms with E-state index >= 15 is 0 Å². The molecule has 1 heterocycles. The molecular weight excluding hydrogens is 385 g/mol. The van der Waals surface area contributed by atoms with E-state index in [2.05, 4.69) is 5.32 Å². The first kappa shape index (κ1) is 19.6. The Labute approximate surface area is 155 Å². The summed E-state index contributed by atoms with van der Waals surface area (Å²) in [6.45, 7) is -0.571. The number of nitrogens with one attached hydrogen (secondary N) is 1. The van der Waals surface area contributed by atoms with Crippen molar-refractivity contribution in [3.63, 3.8) is 0 Å². The van der Waals surface area contributed by atoms with E-state index in [0.717, 1.165) is 29.2 Å². The van der Waals surface area contributed by atoms with Gasteiger partial charge < -0.3 is 16.0 Å². The van der Waals surface area contributed by atoms with Crippen LogP contribution in [0.1, 0.15) is 23.1 Å². The fraction of sp³-hybridized carbons (Fsp3) is 0.222. The second-order valence-corrected chi connectivity index (χ2v) is 6.23. The Kier molecular flexibility index (Phi) is 5.21. The first-order valence-corrected chi connectivity index (χ1v) is 8.09. The highest BCUT2D eigenvalue weighted by Crippen LogP contribution is 2.33. The van der Waals surface area contributed by atoms with E-state index in [4.69, 9.17) is 5.73 Å². The average molecular weight is 399 g/mol. The van der Waals surface area contributed by atoms with Gasteiger partial charge in [0.25, 0.3) is 6.43 Å². The first-order valence-electron chi connectivity index (χ1n) is 8.09. The highest BCUT2D eigenvalue weighted by molar-refractivity contribution is 6.01. The lowest BCUT2D eigenvalue weighted by molar-refractivity contribution is -0.120. The SMILES string of the molecule is NC(=O)N[C@@H]1Cc2c(F)cc(F)cc2N(Cc2cc(C(F)F)ccc2F)C1=O. The maximum Gasteiger partial charge on any atom is 0.312 e. The number of carbonyl (C=O) groups is 2. The van der Waals surface area contributed by atoms with Crippen molar-refractivity contribution >= 4 is 17.6 Å². The molecule has 3 rings (SSSR count). The Balaban J connectivity index is 2.07. The van der Waals surface area contributed by atoms with Crippen molar-refractivity contribution < 1.29 is 31.5 Å². The number of fused-ring (bicyclic) bond motifs is 1. The number of urea groups is 1. The fourth-order valence-electron chi connectivity index (χ4n) is 3.10. The van der Waals surface area contributed by atoms with Gasteiger partial charge in [0.2, 0.25) is 5.91 Å². The number of anilines is 1. The number of primary amides is 1. The minimum atomic E-state index is -2.87. The summed E-state index contributed by atoms with van der Waals surface area (Å²) in [5.41, 5.74) is 4.01. The lowest BCUT2D eigenvalue weighted by Crippen LogP contribution is -2.54. The van der Waals surface area contributed by atoms with E-state index in [1.54, 1.807) is 0 Å². The molecule has 0 fully saturated rings. The number of carbonyl (C=O) groups excluding carboxylic acids is 2. The normalized spacial score (nSPS) is 16.3. The molecule has 28 heavy (non-hydrogen) atoms. The highest BCUT2D eigenvalue weighted by Gasteiger charge is 2.36. The summed E-state index contributed by atoms with van der Waals surface area (Å²) >= 11 is 0. The predicted molar refractivity (Wildman–Crippen MR) is 89.1 cm³/mol. The molecule has 0 radical (unpaired) electrons. The van der Waals surface area contributed by atoms with Crippen molar-refractivity contribution in [1.82, 2.24) is 5.32 Å². The van der Waals surface area contributed by atoms with Gasteiger partial charge >= 0.3 is 6.03 Å². The first-order chi connectivity index (χ1) is 13.2. The summed E-state index contributed by atoms with van der Waals surface area (Å²) < 4.78 is 67.9. The summed E-state index contributed by atoms with van der Waals surface area (Å²) in [4.78, 5) is 24.7. The number of nitrogens with zero attached hydrogens (tertiary/aromatic N) is 1. The molecule has 5 nitrogen and oxygen atoms in total. The van der Waals surface area contributed by atoms with Gasteiger partial charge in [-0.15, -0.1) is 0 Å². The van der Waals surface area contributed by atoms with E-state index in [1.807, 2.05) is 0 Å². The van der Waals surface area contributed by atoms with E-state index in [0.29, 0.717) is 6.07 Å². The lowest BCUT2D eigenvalue weighted by atomic mass is 9.95. The van der Waals surface area contributed by atoms with Crippen molar-refractivity contribution in [2.24, 2.45) is 5.73 Å². The minimum Gasteiger partial charge on any atom is -0.352 e. The van der Waals surface area contributed by atoms with Gasteiger partial charge in [-0.05, 0) is 18.2 Å². The number of alkyl halides is 2. The molecular formula is C18H14F5N3O2. The quantitative estimate of drug-likeness (QED) is 0.775. The van der Waals surface area contributed by atoms with Gasteiger partial charge in [-0.3, -0.25) is 4.79 Å². The predicted octanol–water partition coefficient (Wildman–Crippen LogP) is 3.17. The molecule has 0 spiro atoms. The van der Waals surface area contributed by atoms with Gasteiger partial charge in [-0.1, -0.05) is 6.07 Å². The average Bonchev–Trinajstić information content (AvgIpc) is 2.60. The molecule has 1 aliphatic heterocycles. The van der Waals surface area contributed by atoms with Gasteiger partial charge in [-0.25, -0.2) is 26.7 Å². The topological polar surface area (TPSA) is 75.4 Å². The number of hydrogen-bond acceptors (Lipinski definition) is 2. The molecule has 0 saturated heterocycles. The van der Waals surface area contributed by atoms with Gasteiger partial charge in [0, 0.05) is 29.2 Å². The van der Waals surface area contributed by atoms with E-state index in [1.165, 1.54) is 0 Å². The molecule has 2 aromatic rings. The zero-order valence-electron chi connectivity index (χ0n) is 14.2. The van der Waals surface area contributed by atoms with Crippen LogP contribution in [0.25, 0.3) is 0 Å². The second-order valence-electron chi connectivity index (χ2n) is 6.23. The molecule has 10 heteroatoms. The largest absolute Gasteiger partial charge is 0.352 e. The Hall–Kier alpha value is -3.17. The number of hydrogen-bond donors (Lipinski definition) is 2. The summed E-state index contributed by atoms with van der Waals surface area (Å²) in [6.07, 6.45) is -3.16. The number of halogens is 5. The van der Waals surface area contributed by atoms with Crippen molar-refractivity contribution in [2.45, 2.75) is 25.4 Å². The molecule has 3 N–H and O–H groups in total. The molecule has 3 amide bonds. The summed E-state index contributed by atoms with van der Waals surface area (Å²) in [5.74, 6) is -3.62. The highest BCUT2D eigenvalue weighted by atomic mass is 19.3. The molecule has 0 bridgehead atoms. The van der Waals surface area contributed by atoms with Crippen LogP contribution in [0.4, 0.5) is 32.4 Å². The zero-order chi connectivity index (χ0) is 20.6. The molecule has 0 unspecified atom stereocenters. The van der Waals surface area contributed by atoms with Crippen LogP contribution in [0.15, 0.2) is 30.3 Å². The van der Waals surface area contributed by atoms with Crippen molar-refractivity contribution in [1.29, 1.82) is 0 Å². The summed E-state index contributed by atoms with van der Waals surface area (Å²) in [5, 5.41) is 2.15. The Morgan fingerprint density at radius 1 is 1.18 bits per heavy atom. The van der Waals surface area contributed by atoms with Crippen LogP contribution in [0.5, 0.6) is 0 Å². The third kappa shape index (κ3) is 3.75. The molecule has 0 saturated carbocycles. The van der Waals surface area contributed by atoms with Crippen molar-refractivity contribution in [3.05, 3.63) is 64.5 Å². The molecule has 2 aromatic carbocycles. The Morgan fingerprint density at radius 2 is 1.89 bits per heavy atom.